The molecular weight excluding hydrogens is 310 g/mol. The van der Waals surface area contributed by atoms with E-state index in [1.165, 1.54) is 0 Å². The zero-order chi connectivity index (χ0) is 17.7. The molecule has 7 nitrogen and oxygen atoms in total. The summed E-state index contributed by atoms with van der Waals surface area (Å²) in [6.45, 7) is 3.00. The van der Waals surface area contributed by atoms with E-state index in [0.29, 0.717) is 31.5 Å². The zero-order valence-corrected chi connectivity index (χ0v) is 14.0. The summed E-state index contributed by atoms with van der Waals surface area (Å²) in [5.41, 5.74) is 2.59. The molecule has 1 atom stereocenters. The minimum Gasteiger partial charge on any atom is -0.395 e. The molecule has 1 aliphatic rings. The fraction of sp³-hybridized carbons (Fsp3) is 0.471. The Kier molecular flexibility index (Phi) is 5.92. The maximum Gasteiger partial charge on any atom is 0.254 e. The first-order valence-corrected chi connectivity index (χ1v) is 7.96. The first-order chi connectivity index (χ1) is 11.5. The maximum absolute atomic E-state index is 12.5. The Labute approximate surface area is 141 Å². The van der Waals surface area contributed by atoms with Gasteiger partial charge in [0.25, 0.3) is 5.91 Å². The molecule has 2 rings (SSSR count). The minimum absolute atomic E-state index is 0.0374. The van der Waals surface area contributed by atoms with Crippen LogP contribution in [0.2, 0.25) is 0 Å². The second-order valence-electron chi connectivity index (χ2n) is 5.99. The summed E-state index contributed by atoms with van der Waals surface area (Å²) in [6.07, 6.45) is 1.06. The maximum atomic E-state index is 12.5. The molecule has 0 aliphatic carbocycles. The summed E-state index contributed by atoms with van der Waals surface area (Å²) in [6, 6.07) is 5.56. The van der Waals surface area contributed by atoms with Gasteiger partial charge in [0.1, 0.15) is 0 Å². The number of likely N-dealkylation sites (N-methyl/N-ethyl adjacent to an activating group) is 1. The van der Waals surface area contributed by atoms with Crippen molar-refractivity contribution in [2.45, 2.75) is 32.4 Å². The molecule has 1 aliphatic heterocycles. The number of aliphatic hydroxyl groups excluding tert-OH is 1. The first-order valence-electron chi connectivity index (χ1n) is 7.96. The van der Waals surface area contributed by atoms with Gasteiger partial charge in [0.2, 0.25) is 12.3 Å². The fourth-order valence-electron chi connectivity index (χ4n) is 2.84. The van der Waals surface area contributed by atoms with Crippen molar-refractivity contribution in [1.82, 2.24) is 10.2 Å². The van der Waals surface area contributed by atoms with Gasteiger partial charge < -0.3 is 14.9 Å². The lowest BCUT2D eigenvalue weighted by Gasteiger charge is -2.24. The number of nitrogens with zero attached hydrogens (tertiary/aromatic N) is 2. The Hall–Kier alpha value is -2.41. The van der Waals surface area contributed by atoms with Crippen LogP contribution >= 0.6 is 0 Å². The predicted octanol–water partition coefficient (Wildman–Crippen LogP) is 0.512. The van der Waals surface area contributed by atoms with Crippen molar-refractivity contribution in [3.05, 3.63) is 29.3 Å². The van der Waals surface area contributed by atoms with Gasteiger partial charge in [0, 0.05) is 43.9 Å². The molecule has 130 valence electrons. The van der Waals surface area contributed by atoms with Crippen LogP contribution in [0.5, 0.6) is 0 Å². The topological polar surface area (TPSA) is 90.0 Å². The summed E-state index contributed by atoms with van der Waals surface area (Å²) in [7, 11) is 1.89. The van der Waals surface area contributed by atoms with Gasteiger partial charge in [-0.3, -0.25) is 19.7 Å². The van der Waals surface area contributed by atoms with Gasteiger partial charge in [0.05, 0.1) is 6.61 Å². The van der Waals surface area contributed by atoms with Crippen LogP contribution in [-0.2, 0) is 16.1 Å². The number of nitrogens with one attached hydrogen (secondary N) is 1. The molecule has 0 aromatic heterocycles. The van der Waals surface area contributed by atoms with Crippen LogP contribution in [0, 0.1) is 0 Å². The molecule has 0 saturated carbocycles. The molecule has 0 fully saturated rings. The van der Waals surface area contributed by atoms with Crippen LogP contribution < -0.4 is 10.2 Å². The molecule has 0 saturated heterocycles. The molecule has 1 unspecified atom stereocenters. The van der Waals surface area contributed by atoms with Crippen molar-refractivity contribution < 1.29 is 19.5 Å². The number of rotatable bonds is 8. The third-order valence-electron chi connectivity index (χ3n) is 4.34. The summed E-state index contributed by atoms with van der Waals surface area (Å²) in [5.74, 6) is -0.376. The van der Waals surface area contributed by atoms with Gasteiger partial charge in [0.15, 0.2) is 0 Å². The third-order valence-corrected chi connectivity index (χ3v) is 4.34. The number of anilines is 1. The van der Waals surface area contributed by atoms with E-state index in [2.05, 4.69) is 5.32 Å². The molecule has 1 aromatic rings. The van der Waals surface area contributed by atoms with Gasteiger partial charge in [-0.1, -0.05) is 0 Å². The average molecular weight is 333 g/mol. The number of benzene rings is 1. The van der Waals surface area contributed by atoms with E-state index in [9.17, 15) is 14.4 Å². The van der Waals surface area contributed by atoms with E-state index in [0.717, 1.165) is 11.3 Å². The number of imide groups is 1. The van der Waals surface area contributed by atoms with Crippen LogP contribution in [-0.4, -0.2) is 54.5 Å². The Morgan fingerprint density at radius 2 is 2.25 bits per heavy atom. The Bertz CT molecular complexity index is 632. The number of aliphatic hydroxyl groups is 1. The van der Waals surface area contributed by atoms with Crippen molar-refractivity contribution in [1.29, 1.82) is 0 Å². The number of hydrogen-bond donors (Lipinski definition) is 2. The molecule has 3 amide bonds. The lowest BCUT2D eigenvalue weighted by Crippen LogP contribution is -2.34. The van der Waals surface area contributed by atoms with Crippen LogP contribution in [0.1, 0.15) is 35.7 Å². The molecule has 2 N–H and O–H groups in total. The summed E-state index contributed by atoms with van der Waals surface area (Å²) in [5, 5.41) is 11.1. The molecule has 0 radical (unpaired) electrons. The Morgan fingerprint density at radius 3 is 2.92 bits per heavy atom. The quantitative estimate of drug-likeness (QED) is 0.677. The smallest absolute Gasteiger partial charge is 0.254 e. The average Bonchev–Trinajstić information content (AvgIpc) is 2.89. The van der Waals surface area contributed by atoms with Crippen molar-refractivity contribution in [2.75, 3.05) is 25.1 Å². The lowest BCUT2D eigenvalue weighted by molar-refractivity contribution is -0.125. The molecule has 1 heterocycles. The highest BCUT2D eigenvalue weighted by molar-refractivity contribution is 5.99. The molecule has 1 aromatic carbocycles. The van der Waals surface area contributed by atoms with E-state index in [4.69, 9.17) is 5.11 Å². The van der Waals surface area contributed by atoms with Crippen LogP contribution in [0.25, 0.3) is 0 Å². The largest absolute Gasteiger partial charge is 0.395 e. The van der Waals surface area contributed by atoms with Crippen molar-refractivity contribution in [3.8, 4) is 0 Å². The van der Waals surface area contributed by atoms with Crippen molar-refractivity contribution in [2.24, 2.45) is 0 Å². The Balaban J connectivity index is 2.04. The molecule has 24 heavy (non-hydrogen) atoms. The number of carbonyl (C=O) groups is 3. The molecule has 7 heteroatoms. The van der Waals surface area contributed by atoms with Crippen molar-refractivity contribution >= 4 is 23.9 Å². The monoisotopic (exact) mass is 333 g/mol. The summed E-state index contributed by atoms with van der Waals surface area (Å²) < 4.78 is 0. The van der Waals surface area contributed by atoms with Gasteiger partial charge in [-0.25, -0.2) is 0 Å². The normalized spacial score (nSPS) is 14.3. The summed E-state index contributed by atoms with van der Waals surface area (Å²) in [4.78, 5) is 37.8. The number of amides is 3. The lowest BCUT2D eigenvalue weighted by atomic mass is 10.1. The fourth-order valence-corrected chi connectivity index (χ4v) is 2.84. The van der Waals surface area contributed by atoms with Gasteiger partial charge in [-0.2, -0.15) is 0 Å². The second-order valence-corrected chi connectivity index (χ2v) is 5.99. The van der Waals surface area contributed by atoms with Crippen LogP contribution in [0.15, 0.2) is 18.2 Å². The first kappa shape index (κ1) is 17.9. The number of carbonyl (C=O) groups excluding carboxylic acids is 3. The Morgan fingerprint density at radius 1 is 1.50 bits per heavy atom. The van der Waals surface area contributed by atoms with Gasteiger partial charge in [-0.15, -0.1) is 0 Å². The third kappa shape index (κ3) is 3.91. The van der Waals surface area contributed by atoms with Gasteiger partial charge in [-0.05, 0) is 37.1 Å². The highest BCUT2D eigenvalue weighted by Gasteiger charge is 2.31. The highest BCUT2D eigenvalue weighted by Crippen LogP contribution is 2.29. The van der Waals surface area contributed by atoms with Gasteiger partial charge >= 0.3 is 0 Å². The highest BCUT2D eigenvalue weighted by atomic mass is 16.3. The van der Waals surface area contributed by atoms with E-state index in [1.54, 1.807) is 4.90 Å². The van der Waals surface area contributed by atoms with E-state index in [-0.39, 0.29) is 30.9 Å². The zero-order valence-electron chi connectivity index (χ0n) is 14.0. The predicted molar refractivity (Wildman–Crippen MR) is 89.6 cm³/mol. The number of hydrogen-bond acceptors (Lipinski definition) is 5. The number of fused-ring (bicyclic) bond motifs is 1. The summed E-state index contributed by atoms with van der Waals surface area (Å²) >= 11 is 0. The van der Waals surface area contributed by atoms with Crippen molar-refractivity contribution in [3.63, 3.8) is 0 Å². The minimum atomic E-state index is -0.339. The van der Waals surface area contributed by atoms with Crippen LogP contribution in [0.3, 0.4) is 0 Å². The van der Waals surface area contributed by atoms with E-state index >= 15 is 0 Å². The molecular formula is C17H23N3O4. The second kappa shape index (κ2) is 7.92. The molecule has 0 bridgehead atoms. The van der Waals surface area contributed by atoms with E-state index in [1.807, 2.05) is 37.1 Å². The van der Waals surface area contributed by atoms with Crippen LogP contribution in [0.4, 0.5) is 5.69 Å². The van der Waals surface area contributed by atoms with E-state index < -0.39 is 0 Å². The molecule has 0 spiro atoms. The standard InChI is InChI=1S/C17H23N3O4/c1-12(3-6-16(23)18-11-22)20-10-13-9-14(19(2)7-8-21)4-5-15(13)17(20)24/h4-5,9,11-12,21H,3,6-8,10H2,1-2H3,(H,18,22,23). The SMILES string of the molecule is CC(CCC(=O)NC=O)N1Cc2cc(N(C)CCO)ccc2C1=O.